The fraction of sp³-hybridized carbons (Fsp3) is 0.681. The summed E-state index contributed by atoms with van der Waals surface area (Å²) in [6, 6.07) is -0.890. The summed E-state index contributed by atoms with van der Waals surface area (Å²) < 4.78 is 23.7. The number of hydrogen-bond donors (Lipinski definition) is 3. The molecule has 0 bridgehead atoms. The second kappa shape index (κ2) is 61.2. The van der Waals surface area contributed by atoms with E-state index in [9.17, 15) is 19.4 Å². The third-order valence-corrected chi connectivity index (χ3v) is 15.1. The number of aliphatic hydroxyl groups excluding tert-OH is 1. The van der Waals surface area contributed by atoms with E-state index in [1.807, 2.05) is 27.2 Å². The van der Waals surface area contributed by atoms with Crippen LogP contribution in [0.5, 0.6) is 0 Å². The third kappa shape index (κ3) is 64.1. The van der Waals surface area contributed by atoms with Gasteiger partial charge in [0.05, 0.1) is 39.9 Å². The van der Waals surface area contributed by atoms with Crippen molar-refractivity contribution in [1.82, 2.24) is 5.32 Å². The van der Waals surface area contributed by atoms with E-state index in [1.165, 1.54) is 122 Å². The van der Waals surface area contributed by atoms with Crippen LogP contribution in [0.3, 0.4) is 0 Å². The fourth-order valence-corrected chi connectivity index (χ4v) is 9.71. The van der Waals surface area contributed by atoms with Crippen LogP contribution in [0.4, 0.5) is 0 Å². The van der Waals surface area contributed by atoms with Crippen LogP contribution < -0.4 is 5.32 Å². The van der Waals surface area contributed by atoms with Gasteiger partial charge >= 0.3 is 7.82 Å². The minimum Gasteiger partial charge on any atom is -0.387 e. The normalized spacial score (nSPS) is 14.6. The van der Waals surface area contributed by atoms with Crippen molar-refractivity contribution in [2.45, 2.75) is 276 Å². The van der Waals surface area contributed by atoms with Gasteiger partial charge in [-0.1, -0.05) is 282 Å². The maximum Gasteiger partial charge on any atom is 0.472 e. The molecule has 0 fully saturated rings. The number of carbonyl (C=O) groups is 1. The number of nitrogens with zero attached hydrogens (tertiary/aromatic N) is 1. The summed E-state index contributed by atoms with van der Waals surface area (Å²) in [7, 11) is 1.52. The number of hydrogen-bond acceptors (Lipinski definition) is 5. The molecule has 81 heavy (non-hydrogen) atoms. The molecule has 1 amide bonds. The molecule has 0 aromatic heterocycles. The molecule has 3 atom stereocenters. The Hall–Kier alpha value is -3.36. The van der Waals surface area contributed by atoms with Crippen molar-refractivity contribution in [3.05, 3.63) is 134 Å². The Morgan fingerprint density at radius 2 is 0.753 bits per heavy atom. The minimum absolute atomic E-state index is 0.0430. The molecule has 0 heterocycles. The standard InChI is InChI=1S/C72H125N2O6P/c1-6-8-10-12-14-16-18-20-22-24-26-28-30-32-34-36-37-38-40-42-44-46-48-50-52-54-56-58-60-62-64-66-72(76)73-70(69-80-81(77,78)79-68-67-74(3,4)5)71(75)65-63-61-59-57-55-53-51-49-47-45-43-41-39-35-33-31-29-27-25-23-21-19-17-15-13-11-9-7-2/h8,10,14,16,20,22,26,28,32,34,37-38,42,44,47-50,55,57,63,65,70-71,75H,6-7,9,11-13,15,17-19,21,23-25,27,29-31,33,35-36,39-41,43,45-46,51-54,56,58-62,64,66-69H2,1-5H3,(H-,73,76,77,78)/p+1/b10-8-,16-14-,22-20-,28-26-,34-32-,38-37-,44-42-,49-47+,50-48-,57-55+,65-63+. The Balaban J connectivity index is 4.28. The Morgan fingerprint density at radius 3 is 1.14 bits per heavy atom. The lowest BCUT2D eigenvalue weighted by Gasteiger charge is -2.25. The van der Waals surface area contributed by atoms with Gasteiger partial charge in [-0.25, -0.2) is 4.57 Å². The van der Waals surface area contributed by atoms with Gasteiger partial charge in [0, 0.05) is 6.42 Å². The molecule has 8 nitrogen and oxygen atoms in total. The first-order chi connectivity index (χ1) is 39.5. The van der Waals surface area contributed by atoms with E-state index < -0.39 is 20.0 Å². The summed E-state index contributed by atoms with van der Waals surface area (Å²) in [4.78, 5) is 23.4. The average molecular weight is 1150 g/mol. The van der Waals surface area contributed by atoms with Crippen molar-refractivity contribution in [1.29, 1.82) is 0 Å². The fourth-order valence-electron chi connectivity index (χ4n) is 8.97. The zero-order chi connectivity index (χ0) is 59.1. The van der Waals surface area contributed by atoms with Crippen LogP contribution in [-0.2, 0) is 18.4 Å². The zero-order valence-corrected chi connectivity index (χ0v) is 53.9. The lowest BCUT2D eigenvalue weighted by Crippen LogP contribution is -2.45. The molecule has 464 valence electrons. The molecule has 0 aliphatic heterocycles. The van der Waals surface area contributed by atoms with E-state index in [0.29, 0.717) is 17.4 Å². The number of aliphatic hydroxyl groups is 1. The lowest BCUT2D eigenvalue weighted by atomic mass is 10.0. The number of quaternary nitrogens is 1. The quantitative estimate of drug-likeness (QED) is 0.0243. The van der Waals surface area contributed by atoms with Crippen LogP contribution in [-0.4, -0.2) is 73.4 Å². The Labute approximate surface area is 500 Å². The highest BCUT2D eigenvalue weighted by atomic mass is 31.2. The molecule has 0 radical (unpaired) electrons. The van der Waals surface area contributed by atoms with Crippen LogP contribution in [0.15, 0.2) is 134 Å². The van der Waals surface area contributed by atoms with Crippen LogP contribution in [0, 0.1) is 0 Å². The highest BCUT2D eigenvalue weighted by molar-refractivity contribution is 7.47. The Kier molecular flexibility index (Phi) is 58.7. The van der Waals surface area contributed by atoms with Gasteiger partial charge in [-0.3, -0.25) is 13.8 Å². The van der Waals surface area contributed by atoms with E-state index in [1.54, 1.807) is 6.08 Å². The molecule has 0 aromatic carbocycles. The predicted octanol–water partition coefficient (Wildman–Crippen LogP) is 21.0. The Morgan fingerprint density at radius 1 is 0.432 bits per heavy atom. The second-order valence-corrected chi connectivity index (χ2v) is 24.5. The molecule has 9 heteroatoms. The molecule has 0 saturated heterocycles. The van der Waals surface area contributed by atoms with Gasteiger partial charge in [-0.2, -0.15) is 0 Å². The zero-order valence-electron chi connectivity index (χ0n) is 53.0. The summed E-state index contributed by atoms with van der Waals surface area (Å²) in [6.45, 7) is 4.67. The summed E-state index contributed by atoms with van der Waals surface area (Å²) >= 11 is 0. The highest BCUT2D eigenvalue weighted by Gasteiger charge is 2.27. The third-order valence-electron chi connectivity index (χ3n) is 14.1. The van der Waals surface area contributed by atoms with E-state index in [2.05, 4.69) is 141 Å². The number of phosphoric acid groups is 1. The summed E-state index contributed by atoms with van der Waals surface area (Å²) in [5, 5.41) is 13.9. The molecule has 0 rings (SSSR count). The number of amides is 1. The van der Waals surface area contributed by atoms with Gasteiger partial charge in [0.1, 0.15) is 13.2 Å². The van der Waals surface area contributed by atoms with E-state index in [0.717, 1.165) is 122 Å². The van der Waals surface area contributed by atoms with Gasteiger partial charge in [0.15, 0.2) is 0 Å². The summed E-state index contributed by atoms with van der Waals surface area (Å²) in [5.74, 6) is -0.210. The van der Waals surface area contributed by atoms with Gasteiger partial charge in [0.25, 0.3) is 0 Å². The minimum atomic E-state index is -4.38. The lowest BCUT2D eigenvalue weighted by molar-refractivity contribution is -0.870. The van der Waals surface area contributed by atoms with Crippen LogP contribution in [0.1, 0.15) is 264 Å². The first-order valence-electron chi connectivity index (χ1n) is 33.1. The van der Waals surface area contributed by atoms with Crippen molar-refractivity contribution in [3.63, 3.8) is 0 Å². The number of nitrogens with one attached hydrogen (secondary N) is 1. The number of rotatable bonds is 59. The molecule has 0 saturated carbocycles. The van der Waals surface area contributed by atoms with Gasteiger partial charge in [0.2, 0.25) is 5.91 Å². The van der Waals surface area contributed by atoms with Crippen molar-refractivity contribution >= 4 is 13.7 Å². The second-order valence-electron chi connectivity index (χ2n) is 23.1. The van der Waals surface area contributed by atoms with Crippen molar-refractivity contribution in [3.8, 4) is 0 Å². The molecular formula is C72H126N2O6P+. The van der Waals surface area contributed by atoms with Crippen molar-refractivity contribution in [2.24, 2.45) is 0 Å². The maximum atomic E-state index is 13.0. The van der Waals surface area contributed by atoms with Gasteiger partial charge in [-0.15, -0.1) is 0 Å². The highest BCUT2D eigenvalue weighted by Crippen LogP contribution is 2.43. The predicted molar refractivity (Wildman–Crippen MR) is 355 cm³/mol. The van der Waals surface area contributed by atoms with Crippen molar-refractivity contribution < 1.29 is 32.9 Å². The SMILES string of the molecule is CC/C=C\C/C=C\C/C=C\C/C=C\C/C=C\C/C=C\C/C=C\C/C=C\CCCCCCCCC(=O)NC(COP(=O)(O)OCC[N+](C)(C)C)C(O)/C=C/CC/C=C/CC/C=C/CCCCCCCCCCCCCCCCCCCC. The van der Waals surface area contributed by atoms with Crippen LogP contribution >= 0.6 is 7.82 Å². The molecule has 0 aliphatic rings. The molecule has 3 N–H and O–H groups in total. The topological polar surface area (TPSA) is 105 Å². The van der Waals surface area contributed by atoms with E-state index >= 15 is 0 Å². The smallest absolute Gasteiger partial charge is 0.387 e. The van der Waals surface area contributed by atoms with E-state index in [4.69, 9.17) is 9.05 Å². The van der Waals surface area contributed by atoms with E-state index in [-0.39, 0.29) is 19.1 Å². The number of allylic oxidation sites excluding steroid dienone is 21. The average Bonchev–Trinajstić information content (AvgIpc) is 3.43. The molecule has 0 spiro atoms. The summed E-state index contributed by atoms with van der Waals surface area (Å²) in [6.07, 6.45) is 93.0. The molecular weight excluding hydrogens is 1020 g/mol. The van der Waals surface area contributed by atoms with Crippen LogP contribution in [0.2, 0.25) is 0 Å². The number of unbranched alkanes of at least 4 members (excludes halogenated alkanes) is 26. The maximum absolute atomic E-state index is 13.0. The number of carbonyl (C=O) groups excluding carboxylic acids is 1. The number of phosphoric ester groups is 1. The molecule has 0 aliphatic carbocycles. The monoisotopic (exact) mass is 1150 g/mol. The van der Waals surface area contributed by atoms with Crippen molar-refractivity contribution in [2.75, 3.05) is 40.9 Å². The number of likely N-dealkylation sites (N-methyl/N-ethyl adjacent to an activating group) is 1. The molecule has 0 aromatic rings. The first kappa shape index (κ1) is 77.6. The summed E-state index contributed by atoms with van der Waals surface area (Å²) in [5.41, 5.74) is 0. The Bertz CT molecular complexity index is 1780. The van der Waals surface area contributed by atoms with Gasteiger partial charge in [-0.05, 0) is 109 Å². The van der Waals surface area contributed by atoms with Crippen LogP contribution in [0.25, 0.3) is 0 Å². The van der Waals surface area contributed by atoms with Gasteiger partial charge < -0.3 is 19.8 Å². The molecule has 3 unspecified atom stereocenters. The first-order valence-corrected chi connectivity index (χ1v) is 34.6. The largest absolute Gasteiger partial charge is 0.472 e.